The van der Waals surface area contributed by atoms with Crippen LogP contribution in [0.1, 0.15) is 85.5 Å². The minimum absolute atomic E-state index is 0.0694. The van der Waals surface area contributed by atoms with Gasteiger partial charge in [-0.25, -0.2) is 0 Å². The highest BCUT2D eigenvalue weighted by molar-refractivity contribution is 5.27. The molecule has 0 aromatic carbocycles. The van der Waals surface area contributed by atoms with Gasteiger partial charge in [-0.05, 0) is 98.7 Å². The normalized spacial score (nSPS) is 59.0. The third-order valence-electron chi connectivity index (χ3n) is 12.1. The van der Waals surface area contributed by atoms with Crippen LogP contribution in [0.3, 0.4) is 0 Å². The molecule has 2 N–H and O–H groups in total. The Balaban J connectivity index is 1.35. The van der Waals surface area contributed by atoms with Gasteiger partial charge in [-0.15, -0.1) is 0 Å². The van der Waals surface area contributed by atoms with E-state index in [1.807, 2.05) is 0 Å². The molecule has 0 amide bonds. The van der Waals surface area contributed by atoms with Crippen LogP contribution in [0.2, 0.25) is 0 Å². The molecule has 5 fully saturated rings. The number of hydrogen-bond acceptors (Lipinski definition) is 3. The maximum Gasteiger partial charge on any atom is 0.0603 e. The van der Waals surface area contributed by atoms with Crippen LogP contribution in [0.5, 0.6) is 0 Å². The number of fused-ring (bicyclic) bond motifs is 9. The van der Waals surface area contributed by atoms with E-state index in [1.54, 1.807) is 0 Å². The average Bonchev–Trinajstić information content (AvgIpc) is 3.02. The van der Waals surface area contributed by atoms with Crippen molar-refractivity contribution in [3.05, 3.63) is 11.6 Å². The van der Waals surface area contributed by atoms with Crippen LogP contribution in [0.4, 0.5) is 0 Å². The second-order valence-corrected chi connectivity index (χ2v) is 13.2. The van der Waals surface area contributed by atoms with E-state index in [0.717, 1.165) is 43.6 Å². The van der Waals surface area contributed by atoms with Gasteiger partial charge in [-0.3, -0.25) is 4.90 Å². The first kappa shape index (κ1) is 21.2. The molecule has 3 saturated carbocycles. The van der Waals surface area contributed by atoms with E-state index in [1.165, 1.54) is 44.2 Å². The number of nitrogens with zero attached hydrogens (tertiary/aromatic N) is 1. The van der Waals surface area contributed by atoms with Gasteiger partial charge in [0.05, 0.1) is 12.2 Å². The first-order chi connectivity index (χ1) is 14.7. The highest BCUT2D eigenvalue weighted by atomic mass is 16.3. The van der Waals surface area contributed by atoms with Gasteiger partial charge in [0.1, 0.15) is 0 Å². The Kier molecular flexibility index (Phi) is 4.82. The van der Waals surface area contributed by atoms with E-state index in [2.05, 4.69) is 38.7 Å². The zero-order valence-corrected chi connectivity index (χ0v) is 20.3. The second kappa shape index (κ2) is 7.06. The van der Waals surface area contributed by atoms with Gasteiger partial charge in [-0.2, -0.15) is 0 Å². The van der Waals surface area contributed by atoms with Gasteiger partial charge in [0.2, 0.25) is 0 Å². The summed E-state index contributed by atoms with van der Waals surface area (Å²) in [6.45, 7) is 11.2. The van der Waals surface area contributed by atoms with Crippen LogP contribution in [0.15, 0.2) is 11.6 Å². The summed E-state index contributed by atoms with van der Waals surface area (Å²) in [6, 6.07) is 1.45. The van der Waals surface area contributed by atoms with Crippen LogP contribution in [0, 0.1) is 46.3 Å². The topological polar surface area (TPSA) is 43.7 Å². The van der Waals surface area contributed by atoms with E-state index in [4.69, 9.17) is 0 Å². The van der Waals surface area contributed by atoms with Crippen molar-refractivity contribution in [2.45, 2.75) is 110 Å². The van der Waals surface area contributed by atoms with Crippen LogP contribution in [-0.4, -0.2) is 45.9 Å². The number of piperidine rings is 1. The molecule has 12 unspecified atom stereocenters. The van der Waals surface area contributed by atoms with Gasteiger partial charge in [0.15, 0.2) is 0 Å². The minimum Gasteiger partial charge on any atom is -0.393 e. The van der Waals surface area contributed by atoms with Crippen molar-refractivity contribution in [1.82, 2.24) is 4.90 Å². The van der Waals surface area contributed by atoms with Crippen molar-refractivity contribution < 1.29 is 10.2 Å². The van der Waals surface area contributed by atoms with E-state index in [0.29, 0.717) is 29.7 Å². The van der Waals surface area contributed by atoms with Crippen LogP contribution < -0.4 is 0 Å². The van der Waals surface area contributed by atoms with Crippen molar-refractivity contribution in [3.8, 4) is 0 Å². The summed E-state index contributed by atoms with van der Waals surface area (Å²) in [6.07, 6.45) is 12.7. The van der Waals surface area contributed by atoms with E-state index in [9.17, 15) is 10.2 Å². The molecule has 0 aromatic rings. The van der Waals surface area contributed by atoms with Gasteiger partial charge in [0, 0.05) is 24.0 Å². The van der Waals surface area contributed by atoms with Crippen LogP contribution >= 0.6 is 0 Å². The van der Waals surface area contributed by atoms with Crippen molar-refractivity contribution in [1.29, 1.82) is 0 Å². The maximum absolute atomic E-state index is 11.9. The molecular formula is C28H45NO2. The molecule has 2 saturated heterocycles. The lowest BCUT2D eigenvalue weighted by Crippen LogP contribution is -2.63. The SMILES string of the molecule is CC1CCC2C(C)C3C(CCC4C5CC=C6CC(O)CCC6(C)C5CC(O)C43C)N2C1. The minimum atomic E-state index is -0.171. The molecule has 0 spiro atoms. The summed E-state index contributed by atoms with van der Waals surface area (Å²) < 4.78 is 0. The van der Waals surface area contributed by atoms with Crippen LogP contribution in [-0.2, 0) is 0 Å². The number of hydrogen-bond donors (Lipinski definition) is 2. The first-order valence-electron chi connectivity index (χ1n) is 13.6. The zero-order valence-electron chi connectivity index (χ0n) is 20.3. The third kappa shape index (κ3) is 2.75. The van der Waals surface area contributed by atoms with Crippen molar-refractivity contribution in [2.75, 3.05) is 6.54 Å². The molecule has 6 rings (SSSR count). The van der Waals surface area contributed by atoms with Gasteiger partial charge in [0.25, 0.3) is 0 Å². The Labute approximate surface area is 189 Å². The number of aliphatic hydroxyl groups is 2. The standard InChI is InChI=1S/C28H45NO2/c1-16-5-9-23-17(2)26-24(29(23)15-16)10-8-21-20-7-6-18-13-19(30)11-12-27(18,3)22(20)14-25(31)28(21,26)4/h6,16-17,19-26,30-31H,5,7-15H2,1-4H3. The number of aliphatic hydroxyl groups excluding tert-OH is 2. The predicted octanol–water partition coefficient (Wildman–Crippen LogP) is 5.02. The Morgan fingerprint density at radius 2 is 1.74 bits per heavy atom. The molecule has 4 aliphatic carbocycles. The largest absolute Gasteiger partial charge is 0.393 e. The molecule has 3 heteroatoms. The molecule has 3 nitrogen and oxygen atoms in total. The molecule has 2 aliphatic heterocycles. The molecule has 31 heavy (non-hydrogen) atoms. The summed E-state index contributed by atoms with van der Waals surface area (Å²) in [5, 5.41) is 22.2. The Bertz CT molecular complexity index is 764. The number of allylic oxidation sites excluding steroid dienone is 1. The summed E-state index contributed by atoms with van der Waals surface area (Å²) in [5.74, 6) is 4.18. The molecule has 0 bridgehead atoms. The van der Waals surface area contributed by atoms with Crippen molar-refractivity contribution in [3.63, 3.8) is 0 Å². The van der Waals surface area contributed by atoms with E-state index >= 15 is 0 Å². The lowest BCUT2D eigenvalue weighted by atomic mass is 9.41. The molecule has 0 aromatic heterocycles. The lowest BCUT2D eigenvalue weighted by molar-refractivity contribution is -0.179. The van der Waals surface area contributed by atoms with E-state index in [-0.39, 0.29) is 23.0 Å². The third-order valence-corrected chi connectivity index (χ3v) is 12.1. The Morgan fingerprint density at radius 1 is 0.968 bits per heavy atom. The fourth-order valence-corrected chi connectivity index (χ4v) is 10.6. The molecule has 6 aliphatic rings. The summed E-state index contributed by atoms with van der Waals surface area (Å²) in [5.41, 5.74) is 1.78. The Hall–Kier alpha value is -0.380. The molecule has 0 radical (unpaired) electrons. The molecule has 174 valence electrons. The van der Waals surface area contributed by atoms with Gasteiger partial charge in [-0.1, -0.05) is 39.3 Å². The van der Waals surface area contributed by atoms with Gasteiger partial charge < -0.3 is 10.2 Å². The smallest absolute Gasteiger partial charge is 0.0603 e. The fourth-order valence-electron chi connectivity index (χ4n) is 10.6. The van der Waals surface area contributed by atoms with Crippen LogP contribution in [0.25, 0.3) is 0 Å². The Morgan fingerprint density at radius 3 is 2.55 bits per heavy atom. The monoisotopic (exact) mass is 427 g/mol. The zero-order chi connectivity index (χ0) is 21.7. The van der Waals surface area contributed by atoms with E-state index < -0.39 is 0 Å². The van der Waals surface area contributed by atoms with Crippen molar-refractivity contribution in [2.24, 2.45) is 46.3 Å². The second-order valence-electron chi connectivity index (χ2n) is 13.2. The average molecular weight is 428 g/mol. The highest BCUT2D eigenvalue weighted by Crippen LogP contribution is 2.68. The quantitative estimate of drug-likeness (QED) is 0.534. The summed E-state index contributed by atoms with van der Waals surface area (Å²) in [4.78, 5) is 2.91. The number of rotatable bonds is 0. The van der Waals surface area contributed by atoms with Gasteiger partial charge >= 0.3 is 0 Å². The molecule has 2 heterocycles. The predicted molar refractivity (Wildman–Crippen MR) is 124 cm³/mol. The first-order valence-corrected chi connectivity index (χ1v) is 13.6. The van der Waals surface area contributed by atoms with Crippen molar-refractivity contribution >= 4 is 0 Å². The highest BCUT2D eigenvalue weighted by Gasteiger charge is 2.66. The summed E-state index contributed by atoms with van der Waals surface area (Å²) >= 11 is 0. The molecule has 12 atom stereocenters. The lowest BCUT2D eigenvalue weighted by Gasteiger charge is -2.64. The fraction of sp³-hybridized carbons (Fsp3) is 0.929. The maximum atomic E-state index is 11.9. The molecular weight excluding hydrogens is 382 g/mol. The summed E-state index contributed by atoms with van der Waals surface area (Å²) in [7, 11) is 0.